The molecule has 2 aromatic rings. The fourth-order valence-electron chi connectivity index (χ4n) is 2.13. The molecule has 3 N–H and O–H groups in total. The van der Waals surface area contributed by atoms with Gasteiger partial charge < -0.3 is 15.8 Å². The summed E-state index contributed by atoms with van der Waals surface area (Å²) >= 11 is 0. The molecule has 0 fully saturated rings. The van der Waals surface area contributed by atoms with Gasteiger partial charge in [-0.05, 0) is 43.2 Å². The van der Waals surface area contributed by atoms with Crippen molar-refractivity contribution >= 4 is 11.8 Å². The van der Waals surface area contributed by atoms with E-state index in [1.807, 2.05) is 31.2 Å². The lowest BCUT2D eigenvalue weighted by Crippen LogP contribution is -2.23. The van der Waals surface area contributed by atoms with E-state index in [0.29, 0.717) is 31.6 Å². The van der Waals surface area contributed by atoms with E-state index in [1.165, 1.54) is 5.56 Å². The predicted molar refractivity (Wildman–Crippen MR) is 92.7 cm³/mol. The Balaban J connectivity index is 1.64. The number of primary amides is 1. The van der Waals surface area contributed by atoms with E-state index in [-0.39, 0.29) is 5.91 Å². The average molecular weight is 326 g/mol. The van der Waals surface area contributed by atoms with Crippen molar-refractivity contribution in [2.24, 2.45) is 5.73 Å². The molecule has 24 heavy (non-hydrogen) atoms. The van der Waals surface area contributed by atoms with Gasteiger partial charge in [-0.1, -0.05) is 29.8 Å². The van der Waals surface area contributed by atoms with Crippen LogP contribution in [0.25, 0.3) is 0 Å². The third-order valence-corrected chi connectivity index (χ3v) is 3.57. The lowest BCUT2D eigenvalue weighted by Gasteiger charge is -2.08. The second kappa shape index (κ2) is 8.72. The van der Waals surface area contributed by atoms with Crippen LogP contribution in [0.2, 0.25) is 0 Å². The van der Waals surface area contributed by atoms with Crippen molar-refractivity contribution < 1.29 is 14.3 Å². The molecular weight excluding hydrogens is 304 g/mol. The van der Waals surface area contributed by atoms with Gasteiger partial charge in [0.15, 0.2) is 0 Å². The van der Waals surface area contributed by atoms with Crippen LogP contribution >= 0.6 is 0 Å². The summed E-state index contributed by atoms with van der Waals surface area (Å²) in [5.41, 5.74) is 7.75. The molecule has 5 nitrogen and oxygen atoms in total. The number of amides is 2. The Morgan fingerprint density at radius 2 is 1.71 bits per heavy atom. The van der Waals surface area contributed by atoms with Gasteiger partial charge in [0, 0.05) is 18.5 Å². The number of benzene rings is 2. The molecule has 0 heterocycles. The van der Waals surface area contributed by atoms with Gasteiger partial charge in [0.25, 0.3) is 0 Å². The zero-order valence-corrected chi connectivity index (χ0v) is 13.7. The molecule has 0 aliphatic heterocycles. The second-order valence-corrected chi connectivity index (χ2v) is 5.60. The summed E-state index contributed by atoms with van der Waals surface area (Å²) in [6, 6.07) is 14.7. The van der Waals surface area contributed by atoms with E-state index >= 15 is 0 Å². The number of ether oxygens (including phenoxy) is 1. The Bertz CT molecular complexity index is 679. The minimum absolute atomic E-state index is 0.0264. The van der Waals surface area contributed by atoms with Crippen molar-refractivity contribution in [3.05, 3.63) is 65.2 Å². The third-order valence-electron chi connectivity index (χ3n) is 3.57. The average Bonchev–Trinajstić information content (AvgIpc) is 2.59. The molecule has 0 unspecified atom stereocenters. The topological polar surface area (TPSA) is 81.4 Å². The number of aryl methyl sites for hydroxylation is 1. The van der Waals surface area contributed by atoms with Crippen molar-refractivity contribution in [2.45, 2.75) is 26.3 Å². The maximum absolute atomic E-state index is 11.8. The van der Waals surface area contributed by atoms with Crippen LogP contribution < -0.4 is 15.8 Å². The number of rotatable bonds is 8. The summed E-state index contributed by atoms with van der Waals surface area (Å²) in [6.45, 7) is 2.95. The summed E-state index contributed by atoms with van der Waals surface area (Å²) in [7, 11) is 0. The Hall–Kier alpha value is -2.82. The molecule has 2 rings (SSSR count). The molecule has 0 aliphatic rings. The first kappa shape index (κ1) is 17.5. The fraction of sp³-hybridized carbons (Fsp3) is 0.263. The highest BCUT2D eigenvalue weighted by molar-refractivity contribution is 5.92. The molecule has 0 atom stereocenters. The minimum atomic E-state index is -0.459. The number of hydrogen-bond acceptors (Lipinski definition) is 3. The van der Waals surface area contributed by atoms with Gasteiger partial charge in [0.1, 0.15) is 5.75 Å². The van der Waals surface area contributed by atoms with Gasteiger partial charge in [-0.2, -0.15) is 0 Å². The number of carbonyl (C=O) groups is 2. The van der Waals surface area contributed by atoms with Gasteiger partial charge >= 0.3 is 0 Å². The van der Waals surface area contributed by atoms with Gasteiger partial charge in [0.2, 0.25) is 11.8 Å². The first-order chi connectivity index (χ1) is 11.5. The Labute approximate surface area is 141 Å². The summed E-state index contributed by atoms with van der Waals surface area (Å²) in [5, 5.41) is 2.84. The number of nitrogens with one attached hydrogen (secondary N) is 1. The van der Waals surface area contributed by atoms with Crippen LogP contribution in [0.4, 0.5) is 0 Å². The summed E-state index contributed by atoms with van der Waals surface area (Å²) in [4.78, 5) is 22.8. The predicted octanol–water partition coefficient (Wildman–Crippen LogP) is 2.57. The molecule has 126 valence electrons. The monoisotopic (exact) mass is 326 g/mol. The maximum Gasteiger partial charge on any atom is 0.248 e. The van der Waals surface area contributed by atoms with Crippen LogP contribution in [0.5, 0.6) is 5.75 Å². The highest BCUT2D eigenvalue weighted by Gasteiger charge is 2.03. The van der Waals surface area contributed by atoms with Crippen molar-refractivity contribution in [3.8, 4) is 5.75 Å². The minimum Gasteiger partial charge on any atom is -0.494 e. The van der Waals surface area contributed by atoms with E-state index in [2.05, 4.69) is 5.32 Å². The third kappa shape index (κ3) is 5.76. The van der Waals surface area contributed by atoms with Crippen LogP contribution in [-0.2, 0) is 11.3 Å². The quantitative estimate of drug-likeness (QED) is 0.732. The highest BCUT2D eigenvalue weighted by Crippen LogP contribution is 2.11. The molecule has 0 radical (unpaired) electrons. The van der Waals surface area contributed by atoms with Crippen molar-refractivity contribution in [1.29, 1.82) is 0 Å². The fourth-order valence-corrected chi connectivity index (χ4v) is 2.13. The van der Waals surface area contributed by atoms with E-state index < -0.39 is 5.91 Å². The van der Waals surface area contributed by atoms with E-state index in [0.717, 1.165) is 11.3 Å². The molecule has 0 aromatic heterocycles. The van der Waals surface area contributed by atoms with Crippen LogP contribution in [-0.4, -0.2) is 18.4 Å². The van der Waals surface area contributed by atoms with Gasteiger partial charge in [-0.15, -0.1) is 0 Å². The van der Waals surface area contributed by atoms with Crippen molar-refractivity contribution in [3.63, 3.8) is 0 Å². The van der Waals surface area contributed by atoms with E-state index in [9.17, 15) is 9.59 Å². The van der Waals surface area contributed by atoms with Crippen LogP contribution in [0, 0.1) is 6.92 Å². The zero-order chi connectivity index (χ0) is 17.4. The summed E-state index contributed by atoms with van der Waals surface area (Å²) in [6.07, 6.45) is 1.06. The molecule has 2 amide bonds. The first-order valence-electron chi connectivity index (χ1n) is 7.89. The maximum atomic E-state index is 11.8. The SMILES string of the molecule is Cc1ccc(OCCCC(=O)NCc2ccc(C(N)=O)cc2)cc1. The number of carbonyl (C=O) groups excluding carboxylic acids is 2. The highest BCUT2D eigenvalue weighted by atomic mass is 16.5. The second-order valence-electron chi connectivity index (χ2n) is 5.60. The molecule has 0 saturated carbocycles. The van der Waals surface area contributed by atoms with Crippen molar-refractivity contribution in [1.82, 2.24) is 5.32 Å². The molecule has 0 aliphatic carbocycles. The van der Waals surface area contributed by atoms with E-state index in [1.54, 1.807) is 24.3 Å². The van der Waals surface area contributed by atoms with Crippen LogP contribution in [0.3, 0.4) is 0 Å². The smallest absolute Gasteiger partial charge is 0.248 e. The lowest BCUT2D eigenvalue weighted by molar-refractivity contribution is -0.121. The summed E-state index contributed by atoms with van der Waals surface area (Å²) < 4.78 is 5.59. The molecule has 5 heteroatoms. The standard InChI is InChI=1S/C19H22N2O3/c1-14-4-10-17(11-5-14)24-12-2-3-18(22)21-13-15-6-8-16(9-7-15)19(20)23/h4-11H,2-3,12-13H2,1H3,(H2,20,23)(H,21,22). The summed E-state index contributed by atoms with van der Waals surface area (Å²) in [5.74, 6) is 0.330. The Kier molecular flexibility index (Phi) is 6.37. The molecule has 2 aromatic carbocycles. The Morgan fingerprint density at radius 1 is 1.04 bits per heavy atom. The molecule has 0 spiro atoms. The molecular formula is C19H22N2O3. The van der Waals surface area contributed by atoms with Crippen molar-refractivity contribution in [2.75, 3.05) is 6.61 Å². The van der Waals surface area contributed by atoms with Gasteiger partial charge in [0.05, 0.1) is 6.61 Å². The van der Waals surface area contributed by atoms with Crippen LogP contribution in [0.15, 0.2) is 48.5 Å². The molecule has 0 saturated heterocycles. The zero-order valence-electron chi connectivity index (χ0n) is 13.7. The number of hydrogen-bond donors (Lipinski definition) is 2. The van der Waals surface area contributed by atoms with E-state index in [4.69, 9.17) is 10.5 Å². The Morgan fingerprint density at radius 3 is 2.33 bits per heavy atom. The van der Waals surface area contributed by atoms with Gasteiger partial charge in [-0.25, -0.2) is 0 Å². The molecule has 0 bridgehead atoms. The van der Waals surface area contributed by atoms with Crippen LogP contribution in [0.1, 0.15) is 34.3 Å². The largest absolute Gasteiger partial charge is 0.494 e. The number of nitrogens with two attached hydrogens (primary N) is 1. The van der Waals surface area contributed by atoms with Gasteiger partial charge in [-0.3, -0.25) is 9.59 Å². The normalized spacial score (nSPS) is 10.2. The lowest BCUT2D eigenvalue weighted by atomic mass is 10.1. The first-order valence-corrected chi connectivity index (χ1v) is 7.89.